The Hall–Kier alpha value is -3.93. The zero-order valence-corrected chi connectivity index (χ0v) is 18.7. The van der Waals surface area contributed by atoms with E-state index in [1.807, 2.05) is 79.7 Å². The summed E-state index contributed by atoms with van der Waals surface area (Å²) in [4.78, 5) is 38.6. The van der Waals surface area contributed by atoms with Crippen molar-refractivity contribution >= 4 is 22.5 Å². The van der Waals surface area contributed by atoms with Gasteiger partial charge in [-0.2, -0.15) is 0 Å². The highest BCUT2D eigenvalue weighted by molar-refractivity contribution is 5.90. The number of unbranched alkanes of at least 4 members (excludes halogenated alkanes) is 1. The van der Waals surface area contributed by atoms with E-state index in [9.17, 15) is 14.4 Å². The first-order valence-corrected chi connectivity index (χ1v) is 11.2. The van der Waals surface area contributed by atoms with Gasteiger partial charge in [0.15, 0.2) is 0 Å². The number of fused-ring (bicyclic) bond motifs is 1. The summed E-state index contributed by atoms with van der Waals surface area (Å²) in [6.07, 6.45) is 1.46. The molecule has 0 fully saturated rings. The number of hydrogen-bond donors (Lipinski definition) is 1. The smallest absolute Gasteiger partial charge is 0.326 e. The molecular weight excluding hydrogens is 414 g/mol. The van der Waals surface area contributed by atoms with E-state index in [2.05, 4.69) is 5.32 Å². The van der Waals surface area contributed by atoms with Crippen molar-refractivity contribution in [3.05, 3.63) is 111 Å². The SMILES string of the molecule is Cc1ccccc1Cn1c(=O)n(CCCCC(=O)Nc2ccccc2)c(=O)c2ccccc21. The number of benzene rings is 3. The van der Waals surface area contributed by atoms with Crippen LogP contribution in [0.2, 0.25) is 0 Å². The molecule has 6 heteroatoms. The van der Waals surface area contributed by atoms with Gasteiger partial charge in [0, 0.05) is 18.7 Å². The molecule has 0 atom stereocenters. The minimum absolute atomic E-state index is 0.0796. The number of carbonyl (C=O) groups is 1. The summed E-state index contributed by atoms with van der Waals surface area (Å²) in [6.45, 7) is 2.68. The number of nitrogens with zero attached hydrogens (tertiary/aromatic N) is 2. The summed E-state index contributed by atoms with van der Waals surface area (Å²) < 4.78 is 2.97. The molecule has 0 bridgehead atoms. The van der Waals surface area contributed by atoms with Gasteiger partial charge in [0.2, 0.25) is 5.91 Å². The summed E-state index contributed by atoms with van der Waals surface area (Å²) >= 11 is 0. The number of rotatable bonds is 8. The van der Waals surface area contributed by atoms with E-state index in [-0.39, 0.29) is 23.7 Å². The monoisotopic (exact) mass is 441 g/mol. The van der Waals surface area contributed by atoms with Crippen LogP contribution in [0, 0.1) is 6.92 Å². The van der Waals surface area contributed by atoms with Crippen LogP contribution in [-0.4, -0.2) is 15.0 Å². The lowest BCUT2D eigenvalue weighted by Gasteiger charge is -2.15. The van der Waals surface area contributed by atoms with Crippen LogP contribution in [0.25, 0.3) is 10.9 Å². The van der Waals surface area contributed by atoms with E-state index in [0.29, 0.717) is 36.7 Å². The van der Waals surface area contributed by atoms with Crippen LogP contribution in [0.4, 0.5) is 5.69 Å². The third kappa shape index (κ3) is 5.12. The Morgan fingerprint density at radius 1 is 0.818 bits per heavy atom. The van der Waals surface area contributed by atoms with Crippen LogP contribution in [0.15, 0.2) is 88.5 Å². The number of amides is 1. The molecule has 1 N–H and O–H groups in total. The van der Waals surface area contributed by atoms with Crippen molar-refractivity contribution in [1.29, 1.82) is 0 Å². The highest BCUT2D eigenvalue weighted by atomic mass is 16.2. The van der Waals surface area contributed by atoms with E-state index >= 15 is 0 Å². The van der Waals surface area contributed by atoms with Crippen molar-refractivity contribution in [2.24, 2.45) is 0 Å². The van der Waals surface area contributed by atoms with Crippen LogP contribution >= 0.6 is 0 Å². The van der Waals surface area contributed by atoms with Gasteiger partial charge in [0.1, 0.15) is 0 Å². The molecule has 168 valence electrons. The second kappa shape index (κ2) is 10.1. The van der Waals surface area contributed by atoms with Crippen LogP contribution in [-0.2, 0) is 17.9 Å². The normalized spacial score (nSPS) is 10.9. The molecule has 4 rings (SSSR count). The topological polar surface area (TPSA) is 73.1 Å². The summed E-state index contributed by atoms with van der Waals surface area (Å²) in [5.74, 6) is -0.0796. The van der Waals surface area contributed by atoms with Crippen molar-refractivity contribution in [1.82, 2.24) is 9.13 Å². The average Bonchev–Trinajstić information content (AvgIpc) is 2.83. The van der Waals surface area contributed by atoms with Crippen LogP contribution in [0.1, 0.15) is 30.4 Å². The molecule has 0 saturated carbocycles. The molecular formula is C27H27N3O3. The van der Waals surface area contributed by atoms with E-state index < -0.39 is 0 Å². The minimum atomic E-state index is -0.323. The van der Waals surface area contributed by atoms with E-state index in [4.69, 9.17) is 0 Å². The standard InChI is InChI=1S/C27H27N3O3/c1-20-11-5-6-12-21(20)19-30-24-16-8-7-15-23(24)26(32)29(27(30)33)18-10-9-17-25(31)28-22-13-3-2-4-14-22/h2-8,11-16H,9-10,17-19H2,1H3,(H,28,31). The van der Waals surface area contributed by atoms with Crippen LogP contribution in [0.3, 0.4) is 0 Å². The number of para-hydroxylation sites is 2. The van der Waals surface area contributed by atoms with Gasteiger partial charge in [-0.05, 0) is 55.2 Å². The number of hydrogen-bond acceptors (Lipinski definition) is 3. The third-order valence-electron chi connectivity index (χ3n) is 5.82. The lowest BCUT2D eigenvalue weighted by Crippen LogP contribution is -2.40. The summed E-state index contributed by atoms with van der Waals surface area (Å²) in [7, 11) is 0. The Bertz CT molecular complexity index is 1390. The predicted molar refractivity (Wildman–Crippen MR) is 132 cm³/mol. The Morgan fingerprint density at radius 2 is 1.52 bits per heavy atom. The van der Waals surface area contributed by atoms with Gasteiger partial charge in [0.25, 0.3) is 5.56 Å². The zero-order chi connectivity index (χ0) is 23.2. The van der Waals surface area contributed by atoms with Crippen molar-refractivity contribution in [3.8, 4) is 0 Å². The first-order valence-electron chi connectivity index (χ1n) is 11.2. The number of carbonyl (C=O) groups excluding carboxylic acids is 1. The van der Waals surface area contributed by atoms with E-state index in [0.717, 1.165) is 16.8 Å². The Labute approximate surface area is 192 Å². The summed E-state index contributed by atoms with van der Waals surface area (Å²) in [5.41, 5.74) is 2.91. The molecule has 1 amide bonds. The first kappa shape index (κ1) is 22.3. The summed E-state index contributed by atoms with van der Waals surface area (Å²) in [6, 6.07) is 24.4. The molecule has 0 aliphatic carbocycles. The van der Waals surface area contributed by atoms with Crippen molar-refractivity contribution in [2.45, 2.75) is 39.3 Å². The van der Waals surface area contributed by atoms with Crippen molar-refractivity contribution in [2.75, 3.05) is 5.32 Å². The van der Waals surface area contributed by atoms with Gasteiger partial charge < -0.3 is 5.32 Å². The van der Waals surface area contributed by atoms with Crippen molar-refractivity contribution < 1.29 is 4.79 Å². The highest BCUT2D eigenvalue weighted by Crippen LogP contribution is 2.13. The Balaban J connectivity index is 1.53. The van der Waals surface area contributed by atoms with Gasteiger partial charge >= 0.3 is 5.69 Å². The molecule has 1 heterocycles. The highest BCUT2D eigenvalue weighted by Gasteiger charge is 2.14. The largest absolute Gasteiger partial charge is 0.331 e. The second-order valence-electron chi connectivity index (χ2n) is 8.14. The molecule has 0 spiro atoms. The van der Waals surface area contributed by atoms with E-state index in [1.165, 1.54) is 4.57 Å². The van der Waals surface area contributed by atoms with Crippen LogP contribution in [0.5, 0.6) is 0 Å². The number of anilines is 1. The fourth-order valence-corrected chi connectivity index (χ4v) is 3.98. The molecule has 0 aliphatic heterocycles. The number of aromatic nitrogens is 2. The maximum Gasteiger partial charge on any atom is 0.331 e. The zero-order valence-electron chi connectivity index (χ0n) is 18.7. The Kier molecular flexibility index (Phi) is 6.83. The maximum atomic E-state index is 13.3. The molecule has 6 nitrogen and oxygen atoms in total. The molecule has 0 aliphatic rings. The van der Waals surface area contributed by atoms with E-state index in [1.54, 1.807) is 10.6 Å². The molecule has 3 aromatic carbocycles. The number of aryl methyl sites for hydroxylation is 1. The molecule has 33 heavy (non-hydrogen) atoms. The molecule has 0 radical (unpaired) electrons. The van der Waals surface area contributed by atoms with Crippen LogP contribution < -0.4 is 16.6 Å². The average molecular weight is 442 g/mol. The second-order valence-corrected chi connectivity index (χ2v) is 8.14. The van der Waals surface area contributed by atoms with Gasteiger partial charge in [0.05, 0.1) is 17.4 Å². The first-order chi connectivity index (χ1) is 16.0. The lowest BCUT2D eigenvalue weighted by molar-refractivity contribution is -0.116. The molecule has 4 aromatic rings. The molecule has 1 aromatic heterocycles. The predicted octanol–water partition coefficient (Wildman–Crippen LogP) is 4.33. The van der Waals surface area contributed by atoms with Gasteiger partial charge in [-0.3, -0.25) is 18.7 Å². The van der Waals surface area contributed by atoms with Gasteiger partial charge in [-0.15, -0.1) is 0 Å². The maximum absolute atomic E-state index is 13.3. The minimum Gasteiger partial charge on any atom is -0.326 e. The van der Waals surface area contributed by atoms with Crippen molar-refractivity contribution in [3.63, 3.8) is 0 Å². The fourth-order valence-electron chi connectivity index (χ4n) is 3.98. The Morgan fingerprint density at radius 3 is 2.30 bits per heavy atom. The number of nitrogens with one attached hydrogen (secondary N) is 1. The quantitative estimate of drug-likeness (QED) is 0.414. The lowest BCUT2D eigenvalue weighted by atomic mass is 10.1. The third-order valence-corrected chi connectivity index (χ3v) is 5.82. The molecule has 0 saturated heterocycles. The van der Waals surface area contributed by atoms with Gasteiger partial charge in [-0.25, -0.2) is 4.79 Å². The fraction of sp³-hybridized carbons (Fsp3) is 0.222. The summed E-state index contributed by atoms with van der Waals surface area (Å²) in [5, 5.41) is 3.38. The van der Waals surface area contributed by atoms with Gasteiger partial charge in [-0.1, -0.05) is 54.6 Å². The molecule has 0 unspecified atom stereocenters.